The monoisotopic (exact) mass is 316 g/mol. The van der Waals surface area contributed by atoms with Gasteiger partial charge in [-0.05, 0) is 19.0 Å². The fraction of sp³-hybridized carbons (Fsp3) is 0.364. The van der Waals surface area contributed by atoms with Crippen molar-refractivity contribution in [1.82, 2.24) is 15.3 Å². The van der Waals surface area contributed by atoms with Gasteiger partial charge >= 0.3 is 0 Å². The number of imidazole rings is 1. The van der Waals surface area contributed by atoms with Crippen LogP contribution in [0.25, 0.3) is 11.0 Å². The number of halogens is 1. The summed E-state index contributed by atoms with van der Waals surface area (Å²) in [4.78, 5) is 17.4. The minimum absolute atomic E-state index is 0. The number of hydrogen-bond donors (Lipinski definition) is 2. The van der Waals surface area contributed by atoms with E-state index in [2.05, 4.69) is 15.3 Å². The number of non-ortho nitro benzene ring substituents is 1. The highest BCUT2D eigenvalue weighted by molar-refractivity contribution is 7.85. The van der Waals surface area contributed by atoms with Gasteiger partial charge in [0.25, 0.3) is 5.69 Å². The first-order valence-electron chi connectivity index (χ1n) is 5.90. The topological polar surface area (TPSA) is 101 Å². The van der Waals surface area contributed by atoms with Gasteiger partial charge in [-0.15, -0.1) is 12.4 Å². The highest BCUT2D eigenvalue weighted by Crippen LogP contribution is 2.21. The fourth-order valence-corrected chi connectivity index (χ4v) is 3.47. The minimum Gasteiger partial charge on any atom is -0.331 e. The molecule has 1 fully saturated rings. The SMILES string of the molecule is Cl.O=[N+]([O-])c1ccc2nc(S(=O)C3CCNC3)[nH]c2c1. The van der Waals surface area contributed by atoms with E-state index in [4.69, 9.17) is 0 Å². The van der Waals surface area contributed by atoms with E-state index in [9.17, 15) is 14.3 Å². The van der Waals surface area contributed by atoms with E-state index in [1.807, 2.05) is 0 Å². The van der Waals surface area contributed by atoms with Gasteiger partial charge in [0, 0.05) is 18.7 Å². The largest absolute Gasteiger partial charge is 0.331 e. The van der Waals surface area contributed by atoms with Crippen molar-refractivity contribution in [2.75, 3.05) is 13.1 Å². The normalized spacial score (nSPS) is 19.7. The molecule has 1 aliphatic rings. The lowest BCUT2D eigenvalue weighted by Gasteiger charge is -2.04. The number of benzene rings is 1. The molecule has 1 aromatic carbocycles. The summed E-state index contributed by atoms with van der Waals surface area (Å²) in [5.41, 5.74) is 1.14. The molecule has 0 amide bonds. The number of rotatable bonds is 3. The molecule has 2 atom stereocenters. The first kappa shape index (κ1) is 14.9. The van der Waals surface area contributed by atoms with Crippen molar-refractivity contribution in [3.8, 4) is 0 Å². The van der Waals surface area contributed by atoms with E-state index in [1.165, 1.54) is 12.1 Å². The van der Waals surface area contributed by atoms with Crippen molar-refractivity contribution in [2.24, 2.45) is 0 Å². The van der Waals surface area contributed by atoms with E-state index in [1.54, 1.807) is 6.07 Å². The number of nitrogens with zero attached hydrogens (tertiary/aromatic N) is 2. The molecule has 3 rings (SSSR count). The molecule has 108 valence electrons. The fourth-order valence-electron chi connectivity index (χ4n) is 2.15. The second-order valence-corrected chi connectivity index (χ2v) is 6.06. The van der Waals surface area contributed by atoms with Crippen LogP contribution in [0.2, 0.25) is 0 Å². The Kier molecular flexibility index (Phi) is 4.36. The van der Waals surface area contributed by atoms with Gasteiger partial charge in [-0.1, -0.05) is 0 Å². The van der Waals surface area contributed by atoms with Crippen molar-refractivity contribution in [1.29, 1.82) is 0 Å². The van der Waals surface area contributed by atoms with E-state index in [-0.39, 0.29) is 23.3 Å². The van der Waals surface area contributed by atoms with Gasteiger partial charge in [0.2, 0.25) is 0 Å². The lowest BCUT2D eigenvalue weighted by molar-refractivity contribution is -0.384. The van der Waals surface area contributed by atoms with Gasteiger partial charge in [0.1, 0.15) is 0 Å². The smallest absolute Gasteiger partial charge is 0.271 e. The second-order valence-electron chi connectivity index (χ2n) is 4.41. The summed E-state index contributed by atoms with van der Waals surface area (Å²) in [6.07, 6.45) is 0.851. The average Bonchev–Trinajstić information content (AvgIpc) is 3.06. The quantitative estimate of drug-likeness (QED) is 0.657. The van der Waals surface area contributed by atoms with Gasteiger partial charge in [0.15, 0.2) is 5.16 Å². The van der Waals surface area contributed by atoms with Crippen LogP contribution in [0.15, 0.2) is 23.4 Å². The highest BCUT2D eigenvalue weighted by atomic mass is 35.5. The zero-order chi connectivity index (χ0) is 13.4. The van der Waals surface area contributed by atoms with Crippen LogP contribution in [0.5, 0.6) is 0 Å². The molecule has 20 heavy (non-hydrogen) atoms. The third kappa shape index (κ3) is 2.67. The molecular formula is C11H13ClN4O3S. The predicted octanol–water partition coefficient (Wildman–Crippen LogP) is 1.36. The molecule has 0 bridgehead atoms. The summed E-state index contributed by atoms with van der Waals surface area (Å²) in [6.45, 7) is 1.58. The molecule has 1 aliphatic heterocycles. The molecule has 1 saturated heterocycles. The molecule has 0 aliphatic carbocycles. The first-order chi connectivity index (χ1) is 9.15. The molecule has 0 spiro atoms. The van der Waals surface area contributed by atoms with Gasteiger partial charge in [-0.25, -0.2) is 4.98 Å². The average molecular weight is 317 g/mol. The summed E-state index contributed by atoms with van der Waals surface area (Å²) in [5.74, 6) is 0. The Labute approximate surface area is 123 Å². The summed E-state index contributed by atoms with van der Waals surface area (Å²) >= 11 is 0. The maximum absolute atomic E-state index is 12.3. The number of hydrogen-bond acceptors (Lipinski definition) is 5. The number of fused-ring (bicyclic) bond motifs is 1. The van der Waals surface area contributed by atoms with Gasteiger partial charge in [-0.2, -0.15) is 0 Å². The third-order valence-corrected chi connectivity index (χ3v) is 4.75. The molecule has 9 heteroatoms. The summed E-state index contributed by atoms with van der Waals surface area (Å²) < 4.78 is 12.3. The van der Waals surface area contributed by atoms with Crippen LogP contribution < -0.4 is 5.32 Å². The van der Waals surface area contributed by atoms with Crippen LogP contribution >= 0.6 is 12.4 Å². The molecule has 2 aromatic rings. The van der Waals surface area contributed by atoms with Crippen molar-refractivity contribution < 1.29 is 9.13 Å². The standard InChI is InChI=1S/C11H12N4O3S.ClH/c16-15(17)7-1-2-9-10(5-7)14-11(13-9)19(18)8-3-4-12-6-8;/h1-2,5,8,12H,3-4,6H2,(H,13,14);1H. The van der Waals surface area contributed by atoms with Crippen molar-refractivity contribution >= 4 is 39.9 Å². The van der Waals surface area contributed by atoms with E-state index >= 15 is 0 Å². The Bertz CT molecular complexity index is 669. The summed E-state index contributed by atoms with van der Waals surface area (Å²) in [5, 5.41) is 14.3. The lowest BCUT2D eigenvalue weighted by atomic mass is 10.3. The molecule has 0 saturated carbocycles. The van der Waals surface area contributed by atoms with Crippen molar-refractivity contribution in [3.05, 3.63) is 28.3 Å². The molecule has 7 nitrogen and oxygen atoms in total. The third-order valence-electron chi connectivity index (χ3n) is 3.16. The number of aromatic amines is 1. The van der Waals surface area contributed by atoms with E-state index < -0.39 is 15.7 Å². The van der Waals surface area contributed by atoms with Crippen LogP contribution in [0.3, 0.4) is 0 Å². The van der Waals surface area contributed by atoms with Crippen molar-refractivity contribution in [3.63, 3.8) is 0 Å². The molecular weight excluding hydrogens is 304 g/mol. The van der Waals surface area contributed by atoms with Crippen LogP contribution in [0.4, 0.5) is 5.69 Å². The Morgan fingerprint density at radius 2 is 2.25 bits per heavy atom. The Balaban J connectivity index is 0.00000147. The summed E-state index contributed by atoms with van der Waals surface area (Å²) in [7, 11) is -1.21. The Morgan fingerprint density at radius 3 is 2.90 bits per heavy atom. The van der Waals surface area contributed by atoms with Crippen molar-refractivity contribution in [2.45, 2.75) is 16.8 Å². The highest BCUT2D eigenvalue weighted by Gasteiger charge is 2.24. The maximum Gasteiger partial charge on any atom is 0.271 e. The van der Waals surface area contributed by atoms with Crippen LogP contribution in [0.1, 0.15) is 6.42 Å². The van der Waals surface area contributed by atoms with Crippen LogP contribution in [0, 0.1) is 10.1 Å². The predicted molar refractivity (Wildman–Crippen MR) is 77.7 cm³/mol. The number of nitro groups is 1. The molecule has 2 unspecified atom stereocenters. The van der Waals surface area contributed by atoms with E-state index in [0.717, 1.165) is 13.0 Å². The number of nitro benzene ring substituents is 1. The zero-order valence-electron chi connectivity index (χ0n) is 10.4. The first-order valence-corrected chi connectivity index (χ1v) is 7.12. The maximum atomic E-state index is 12.3. The zero-order valence-corrected chi connectivity index (χ0v) is 12.0. The molecule has 0 radical (unpaired) electrons. The number of H-pyrrole nitrogens is 1. The second kappa shape index (κ2) is 5.86. The van der Waals surface area contributed by atoms with Gasteiger partial charge in [0.05, 0.1) is 32.0 Å². The molecule has 2 N–H and O–H groups in total. The van der Waals surface area contributed by atoms with Crippen LogP contribution in [-0.2, 0) is 10.8 Å². The van der Waals surface area contributed by atoms with Gasteiger partial charge < -0.3 is 10.3 Å². The Hall–Kier alpha value is -1.51. The van der Waals surface area contributed by atoms with E-state index in [0.29, 0.717) is 22.7 Å². The van der Waals surface area contributed by atoms with Crippen LogP contribution in [-0.4, -0.2) is 37.4 Å². The Morgan fingerprint density at radius 1 is 1.45 bits per heavy atom. The number of aromatic nitrogens is 2. The number of nitrogens with one attached hydrogen (secondary N) is 2. The lowest BCUT2D eigenvalue weighted by Crippen LogP contribution is -2.19. The molecule has 1 aromatic heterocycles. The summed E-state index contributed by atoms with van der Waals surface area (Å²) in [6, 6.07) is 4.38. The minimum atomic E-state index is -1.21. The molecule has 2 heterocycles. The van der Waals surface area contributed by atoms with Gasteiger partial charge in [-0.3, -0.25) is 14.3 Å².